The average molecular weight is 507 g/mol. The van der Waals surface area contributed by atoms with Gasteiger partial charge in [0.2, 0.25) is 5.43 Å². The van der Waals surface area contributed by atoms with Crippen molar-refractivity contribution in [1.29, 1.82) is 0 Å². The number of hydrogen-bond acceptors (Lipinski definition) is 4. The number of carbonyl (C=O) groups excluding carboxylic acids is 2. The van der Waals surface area contributed by atoms with Crippen LogP contribution >= 0.6 is 0 Å². The number of piperidine rings is 1. The molecule has 192 valence electrons. The van der Waals surface area contributed by atoms with Gasteiger partial charge in [0.15, 0.2) is 11.4 Å². The monoisotopic (exact) mass is 507 g/mol. The second kappa shape index (κ2) is 9.25. The highest BCUT2D eigenvalue weighted by Crippen LogP contribution is 2.47. The van der Waals surface area contributed by atoms with E-state index in [2.05, 4.69) is 5.32 Å². The van der Waals surface area contributed by atoms with Crippen molar-refractivity contribution in [2.24, 2.45) is 5.92 Å². The van der Waals surface area contributed by atoms with E-state index in [1.54, 1.807) is 4.90 Å². The quantitative estimate of drug-likeness (QED) is 0.461. The van der Waals surface area contributed by atoms with Gasteiger partial charge in [-0.15, -0.1) is 0 Å². The van der Waals surface area contributed by atoms with Gasteiger partial charge in [0.25, 0.3) is 11.8 Å². The smallest absolute Gasteiger partial charge is 0.275 e. The first-order chi connectivity index (χ1) is 17.2. The van der Waals surface area contributed by atoms with Crippen molar-refractivity contribution in [1.82, 2.24) is 14.8 Å². The molecule has 7 nitrogen and oxygen atoms in total. The van der Waals surface area contributed by atoms with Crippen molar-refractivity contribution in [3.63, 3.8) is 0 Å². The van der Waals surface area contributed by atoms with Crippen LogP contribution in [0, 0.1) is 23.4 Å². The summed E-state index contributed by atoms with van der Waals surface area (Å²) in [6.45, 7) is 1.62. The first kappa shape index (κ1) is 24.3. The largest absolute Gasteiger partial charge is 0.487 e. The molecule has 2 unspecified atom stereocenters. The predicted octanol–water partition coefficient (Wildman–Crippen LogP) is 3.33. The number of hydrogen-bond donors (Lipinski definition) is 1. The van der Waals surface area contributed by atoms with Crippen LogP contribution in [0.15, 0.2) is 23.1 Å². The van der Waals surface area contributed by atoms with E-state index >= 15 is 0 Å². The number of unbranched alkanes of at least 4 members (excludes halogenated alkanes) is 1. The Labute approximate surface area is 204 Å². The molecule has 2 amide bonds. The van der Waals surface area contributed by atoms with E-state index in [4.69, 9.17) is 4.74 Å². The van der Waals surface area contributed by atoms with E-state index in [1.807, 2.05) is 6.92 Å². The van der Waals surface area contributed by atoms with Crippen molar-refractivity contribution < 1.29 is 31.9 Å². The molecule has 2 aliphatic heterocycles. The number of halogens is 4. The molecule has 1 aromatic carbocycles. The molecule has 3 aliphatic rings. The number of fused-ring (bicyclic) bond motifs is 6. The lowest BCUT2D eigenvalue weighted by atomic mass is 9.94. The molecule has 0 spiro atoms. The summed E-state index contributed by atoms with van der Waals surface area (Å²) in [5.74, 6) is -5.42. The lowest BCUT2D eigenvalue weighted by molar-refractivity contribution is 0.0348. The Morgan fingerprint density at radius 1 is 1.17 bits per heavy atom. The average Bonchev–Trinajstić information content (AvgIpc) is 3.37. The van der Waals surface area contributed by atoms with Gasteiger partial charge in [-0.2, -0.15) is 0 Å². The SMILES string of the molecule is CCCCOc1c2n(cc(C(=O)NCc3c(F)cc(F)cc3F)c1=O)C[C@H]1C3C[C@H](CC3F)N1C2=O. The summed E-state index contributed by atoms with van der Waals surface area (Å²) in [5, 5.41) is 2.28. The summed E-state index contributed by atoms with van der Waals surface area (Å²) in [4.78, 5) is 41.3. The number of benzene rings is 1. The van der Waals surface area contributed by atoms with Crippen molar-refractivity contribution in [3.05, 3.63) is 62.8 Å². The van der Waals surface area contributed by atoms with Gasteiger partial charge in [-0.3, -0.25) is 14.4 Å². The number of nitrogens with zero attached hydrogens (tertiary/aromatic N) is 2. The third-order valence-electron chi connectivity index (χ3n) is 7.33. The van der Waals surface area contributed by atoms with Crippen LogP contribution < -0.4 is 15.5 Å². The van der Waals surface area contributed by atoms with Crippen LogP contribution in [0.4, 0.5) is 17.6 Å². The standard InChI is InChI=1S/C25H25F4N3O4/c1-2-3-4-36-23-21-25(35)32-13-7-14(19(29)8-13)20(32)11-31(21)10-16(22(23)33)24(34)30-9-15-17(27)5-12(26)6-18(15)28/h5-6,10,13-14,19-20H,2-4,7-9,11H2,1H3,(H,30,34)/t13-,14?,19?,20+/m1/s1. The predicted molar refractivity (Wildman–Crippen MR) is 120 cm³/mol. The normalized spacial score (nSPS) is 24.0. The molecule has 2 fully saturated rings. The Kier molecular flexibility index (Phi) is 6.25. The van der Waals surface area contributed by atoms with Crippen LogP contribution in [0.2, 0.25) is 0 Å². The third kappa shape index (κ3) is 3.94. The maximum absolute atomic E-state index is 14.4. The van der Waals surface area contributed by atoms with Crippen LogP contribution in [0.25, 0.3) is 0 Å². The van der Waals surface area contributed by atoms with E-state index in [1.165, 1.54) is 10.8 Å². The number of aromatic nitrogens is 1. The number of amides is 2. The van der Waals surface area contributed by atoms with Gasteiger partial charge < -0.3 is 19.5 Å². The minimum Gasteiger partial charge on any atom is -0.487 e. The van der Waals surface area contributed by atoms with Gasteiger partial charge in [-0.05, 0) is 19.3 Å². The molecule has 0 radical (unpaired) electrons. The van der Waals surface area contributed by atoms with E-state index in [0.717, 1.165) is 6.42 Å². The highest BCUT2D eigenvalue weighted by molar-refractivity contribution is 5.99. The first-order valence-corrected chi connectivity index (χ1v) is 12.0. The van der Waals surface area contributed by atoms with Gasteiger partial charge in [0.05, 0.1) is 12.6 Å². The van der Waals surface area contributed by atoms with Gasteiger partial charge in [-0.1, -0.05) is 13.3 Å². The summed E-state index contributed by atoms with van der Waals surface area (Å²) in [6.07, 6.45) is 2.37. The van der Waals surface area contributed by atoms with Crippen LogP contribution in [0.1, 0.15) is 59.0 Å². The van der Waals surface area contributed by atoms with Crippen LogP contribution in [0.5, 0.6) is 5.75 Å². The number of nitrogens with one attached hydrogen (secondary N) is 1. The zero-order valence-corrected chi connectivity index (χ0v) is 19.5. The zero-order chi connectivity index (χ0) is 25.7. The van der Waals surface area contributed by atoms with Crippen LogP contribution in [-0.4, -0.2) is 46.1 Å². The van der Waals surface area contributed by atoms with Crippen molar-refractivity contribution in [2.45, 2.75) is 64.0 Å². The summed E-state index contributed by atoms with van der Waals surface area (Å²) in [6, 6.07) is 0.340. The summed E-state index contributed by atoms with van der Waals surface area (Å²) >= 11 is 0. The molecule has 11 heteroatoms. The second-order valence-corrected chi connectivity index (χ2v) is 9.52. The van der Waals surface area contributed by atoms with E-state index < -0.39 is 59.0 Å². The van der Waals surface area contributed by atoms with Gasteiger partial charge >= 0.3 is 0 Å². The Balaban J connectivity index is 1.49. The lowest BCUT2D eigenvalue weighted by Crippen LogP contribution is -2.54. The fraction of sp³-hybridized carbons (Fsp3) is 0.480. The Morgan fingerprint density at radius 3 is 2.58 bits per heavy atom. The van der Waals surface area contributed by atoms with Gasteiger partial charge in [0, 0.05) is 48.9 Å². The Morgan fingerprint density at radius 2 is 1.89 bits per heavy atom. The zero-order valence-electron chi connectivity index (χ0n) is 19.5. The minimum absolute atomic E-state index is 0.0162. The van der Waals surface area contributed by atoms with Crippen molar-refractivity contribution in [2.75, 3.05) is 6.61 Å². The van der Waals surface area contributed by atoms with Gasteiger partial charge in [0.1, 0.15) is 29.2 Å². The molecule has 4 atom stereocenters. The molecule has 1 saturated heterocycles. The molecule has 1 N–H and O–H groups in total. The summed E-state index contributed by atoms with van der Waals surface area (Å²) < 4.78 is 62.7. The topological polar surface area (TPSA) is 80.6 Å². The third-order valence-corrected chi connectivity index (χ3v) is 7.33. The molecule has 1 saturated carbocycles. The molecule has 1 aliphatic carbocycles. The fourth-order valence-corrected chi connectivity index (χ4v) is 5.58. The molecule has 5 rings (SSSR count). The molecule has 1 aromatic heterocycles. The first-order valence-electron chi connectivity index (χ1n) is 12.0. The molecular weight excluding hydrogens is 482 g/mol. The maximum atomic E-state index is 14.4. The number of rotatable bonds is 7. The number of carbonyl (C=O) groups is 2. The molecule has 36 heavy (non-hydrogen) atoms. The van der Waals surface area contributed by atoms with Crippen LogP contribution in [0.3, 0.4) is 0 Å². The molecular formula is C25H25F4N3O4. The minimum atomic E-state index is -1.18. The summed E-state index contributed by atoms with van der Waals surface area (Å²) in [5.41, 5.74) is -1.75. The van der Waals surface area contributed by atoms with Crippen molar-refractivity contribution >= 4 is 11.8 Å². The number of alkyl halides is 1. The summed E-state index contributed by atoms with van der Waals surface area (Å²) in [7, 11) is 0. The fourth-order valence-electron chi connectivity index (χ4n) is 5.58. The van der Waals surface area contributed by atoms with Gasteiger partial charge in [-0.25, -0.2) is 17.6 Å². The Bertz CT molecular complexity index is 1270. The highest BCUT2D eigenvalue weighted by Gasteiger charge is 2.56. The molecule has 2 bridgehead atoms. The lowest BCUT2D eigenvalue weighted by Gasteiger charge is -2.41. The van der Waals surface area contributed by atoms with Crippen molar-refractivity contribution in [3.8, 4) is 5.75 Å². The van der Waals surface area contributed by atoms with E-state index in [-0.39, 0.29) is 48.5 Å². The van der Waals surface area contributed by atoms with Crippen LogP contribution in [-0.2, 0) is 13.1 Å². The Hall–Kier alpha value is -3.37. The van der Waals surface area contributed by atoms with E-state index in [9.17, 15) is 31.9 Å². The van der Waals surface area contributed by atoms with E-state index in [0.29, 0.717) is 25.0 Å². The number of pyridine rings is 1. The second-order valence-electron chi connectivity index (χ2n) is 9.52. The number of ether oxygens (including phenoxy) is 1. The molecule has 2 aromatic rings. The maximum Gasteiger partial charge on any atom is 0.275 e. The molecule has 3 heterocycles. The highest BCUT2D eigenvalue weighted by atomic mass is 19.1.